The van der Waals surface area contributed by atoms with E-state index in [0.717, 1.165) is 43.5 Å². The highest BCUT2D eigenvalue weighted by molar-refractivity contribution is 7.77. The van der Waals surface area contributed by atoms with Crippen LogP contribution in [-0.2, 0) is 30.5 Å². The van der Waals surface area contributed by atoms with E-state index in [0.29, 0.717) is 12.0 Å². The van der Waals surface area contributed by atoms with E-state index >= 15 is 0 Å². The van der Waals surface area contributed by atoms with Gasteiger partial charge in [-0.25, -0.2) is 4.72 Å². The van der Waals surface area contributed by atoms with E-state index < -0.39 is 11.3 Å². The molecule has 2 aromatic rings. The van der Waals surface area contributed by atoms with Crippen LogP contribution < -0.4 is 4.72 Å². The van der Waals surface area contributed by atoms with Crippen molar-refractivity contribution in [2.45, 2.75) is 62.4 Å². The molecule has 0 amide bonds. The Morgan fingerprint density at radius 2 is 1.97 bits per heavy atom. The van der Waals surface area contributed by atoms with Gasteiger partial charge in [-0.2, -0.15) is 0 Å². The van der Waals surface area contributed by atoms with Crippen LogP contribution in [0.1, 0.15) is 53.9 Å². The van der Waals surface area contributed by atoms with Gasteiger partial charge < -0.3 is 4.55 Å². The van der Waals surface area contributed by atoms with Crippen LogP contribution in [-0.4, -0.2) is 38.3 Å². The first-order valence-electron chi connectivity index (χ1n) is 11.0. The SMILES string of the molecule is O=S([O-])NC1(Cc2ccc3c(c2)C(Cc2cccc(Cl)c2)C(N2CCC2)C3)CCC1. The zero-order chi connectivity index (χ0) is 20.7. The van der Waals surface area contributed by atoms with Gasteiger partial charge in [-0.1, -0.05) is 41.9 Å². The van der Waals surface area contributed by atoms with Gasteiger partial charge in [0.25, 0.3) is 0 Å². The van der Waals surface area contributed by atoms with Crippen molar-refractivity contribution in [1.29, 1.82) is 0 Å². The molecule has 2 aliphatic carbocycles. The number of hydrogen-bond acceptors (Lipinski definition) is 3. The molecule has 0 aromatic heterocycles. The van der Waals surface area contributed by atoms with E-state index in [2.05, 4.69) is 40.0 Å². The number of benzene rings is 2. The smallest absolute Gasteiger partial charge is 0.0408 e. The first-order chi connectivity index (χ1) is 14.5. The van der Waals surface area contributed by atoms with Crippen molar-refractivity contribution in [2.75, 3.05) is 13.1 Å². The lowest BCUT2D eigenvalue weighted by Crippen LogP contribution is -2.53. The largest absolute Gasteiger partial charge is 0.760 e. The Morgan fingerprint density at radius 1 is 1.13 bits per heavy atom. The zero-order valence-corrected chi connectivity index (χ0v) is 18.7. The minimum absolute atomic E-state index is 0.293. The summed E-state index contributed by atoms with van der Waals surface area (Å²) in [5, 5.41) is 0.795. The molecule has 160 valence electrons. The fourth-order valence-corrected chi connectivity index (χ4v) is 6.41. The molecule has 1 saturated heterocycles. The van der Waals surface area contributed by atoms with Crippen LogP contribution in [0.2, 0.25) is 5.02 Å². The summed E-state index contributed by atoms with van der Waals surface area (Å²) in [7, 11) is 0. The van der Waals surface area contributed by atoms with E-state index in [1.807, 2.05) is 12.1 Å². The van der Waals surface area contributed by atoms with Crippen LogP contribution in [0.15, 0.2) is 42.5 Å². The Kier molecular flexibility index (Phi) is 5.76. The van der Waals surface area contributed by atoms with Gasteiger partial charge in [0, 0.05) is 33.8 Å². The summed E-state index contributed by atoms with van der Waals surface area (Å²) < 4.78 is 25.4. The first-order valence-corrected chi connectivity index (χ1v) is 12.4. The molecule has 0 bridgehead atoms. The van der Waals surface area contributed by atoms with Gasteiger partial charge >= 0.3 is 0 Å². The van der Waals surface area contributed by atoms with Gasteiger partial charge in [0.1, 0.15) is 0 Å². The van der Waals surface area contributed by atoms with Crippen molar-refractivity contribution in [2.24, 2.45) is 0 Å². The summed E-state index contributed by atoms with van der Waals surface area (Å²) in [6.07, 6.45) is 7.08. The number of likely N-dealkylation sites (tertiary alicyclic amines) is 1. The summed E-state index contributed by atoms with van der Waals surface area (Å²) in [6, 6.07) is 15.7. The van der Waals surface area contributed by atoms with Gasteiger partial charge in [-0.15, -0.1) is 0 Å². The summed E-state index contributed by atoms with van der Waals surface area (Å²) in [5.74, 6) is 0.456. The Labute approximate surface area is 186 Å². The maximum atomic E-state index is 11.3. The molecule has 1 saturated carbocycles. The molecule has 4 nitrogen and oxygen atoms in total. The normalized spacial score (nSPS) is 25.9. The topological polar surface area (TPSA) is 55.4 Å². The first kappa shape index (κ1) is 20.7. The predicted molar refractivity (Wildman–Crippen MR) is 120 cm³/mol. The van der Waals surface area contributed by atoms with Crippen molar-refractivity contribution in [3.05, 3.63) is 69.7 Å². The molecule has 6 heteroatoms. The Balaban J connectivity index is 1.43. The molecular formula is C24H28ClN2O2S-. The number of rotatable bonds is 7. The third-order valence-electron chi connectivity index (χ3n) is 7.36. The number of hydrogen-bond donors (Lipinski definition) is 1. The van der Waals surface area contributed by atoms with Crippen molar-refractivity contribution < 1.29 is 8.76 Å². The summed E-state index contributed by atoms with van der Waals surface area (Å²) in [5.41, 5.74) is 5.13. The molecule has 1 heterocycles. The van der Waals surface area contributed by atoms with Crippen molar-refractivity contribution in [1.82, 2.24) is 9.62 Å². The van der Waals surface area contributed by atoms with E-state index in [-0.39, 0.29) is 5.54 Å². The van der Waals surface area contributed by atoms with Crippen LogP contribution in [0.3, 0.4) is 0 Å². The third-order valence-corrected chi connectivity index (χ3v) is 8.20. The zero-order valence-electron chi connectivity index (χ0n) is 17.1. The van der Waals surface area contributed by atoms with Crippen LogP contribution in [0.25, 0.3) is 0 Å². The van der Waals surface area contributed by atoms with Crippen LogP contribution >= 0.6 is 11.6 Å². The lowest BCUT2D eigenvalue weighted by Gasteiger charge is -2.43. The van der Waals surface area contributed by atoms with Crippen molar-refractivity contribution in [3.63, 3.8) is 0 Å². The molecule has 5 rings (SSSR count). The minimum atomic E-state index is -2.22. The molecule has 3 unspecified atom stereocenters. The average Bonchev–Trinajstić information content (AvgIpc) is 2.96. The summed E-state index contributed by atoms with van der Waals surface area (Å²) in [4.78, 5) is 2.63. The second-order valence-electron chi connectivity index (χ2n) is 9.28. The fourth-order valence-electron chi connectivity index (χ4n) is 5.57. The molecule has 3 aliphatic rings. The minimum Gasteiger partial charge on any atom is -0.760 e. The summed E-state index contributed by atoms with van der Waals surface area (Å²) in [6.45, 7) is 2.39. The highest BCUT2D eigenvalue weighted by Crippen LogP contribution is 2.42. The monoisotopic (exact) mass is 443 g/mol. The van der Waals surface area contributed by atoms with Gasteiger partial charge in [-0.05, 0) is 92.4 Å². The van der Waals surface area contributed by atoms with Gasteiger partial charge in [-0.3, -0.25) is 9.11 Å². The molecular weight excluding hydrogens is 416 g/mol. The van der Waals surface area contributed by atoms with Gasteiger partial charge in [0.05, 0.1) is 0 Å². The van der Waals surface area contributed by atoms with Crippen molar-refractivity contribution in [3.8, 4) is 0 Å². The van der Waals surface area contributed by atoms with Crippen LogP contribution in [0, 0.1) is 0 Å². The molecule has 2 aromatic carbocycles. The highest BCUT2D eigenvalue weighted by atomic mass is 35.5. The van der Waals surface area contributed by atoms with E-state index in [9.17, 15) is 8.76 Å². The number of halogens is 1. The Bertz CT molecular complexity index is 958. The standard InChI is InChI=1S/C24H29ClN2O2S/c25-20-5-1-4-17(12-20)13-22-21-14-18(16-24(8-2-9-24)26-30(28)29)6-7-19(21)15-23(22)27-10-3-11-27/h1,4-7,12,14,22-23,26H,2-3,8-11,13,15-16H2,(H,28,29)/p-1. The second-order valence-corrected chi connectivity index (χ2v) is 10.4. The molecule has 30 heavy (non-hydrogen) atoms. The van der Waals surface area contributed by atoms with Gasteiger partial charge in [0.15, 0.2) is 0 Å². The van der Waals surface area contributed by atoms with Gasteiger partial charge in [0.2, 0.25) is 0 Å². The Hall–Kier alpha value is -1.24. The lowest BCUT2D eigenvalue weighted by atomic mass is 9.73. The Morgan fingerprint density at radius 3 is 2.60 bits per heavy atom. The van der Waals surface area contributed by atoms with E-state index in [1.165, 1.54) is 41.8 Å². The third kappa shape index (κ3) is 4.11. The lowest BCUT2D eigenvalue weighted by molar-refractivity contribution is 0.106. The number of nitrogens with zero attached hydrogens (tertiary/aromatic N) is 1. The highest BCUT2D eigenvalue weighted by Gasteiger charge is 2.40. The van der Waals surface area contributed by atoms with Crippen molar-refractivity contribution >= 4 is 22.9 Å². The van der Waals surface area contributed by atoms with Crippen LogP contribution in [0.5, 0.6) is 0 Å². The second kappa shape index (κ2) is 8.36. The molecule has 3 atom stereocenters. The summed E-state index contributed by atoms with van der Waals surface area (Å²) >= 11 is 4.04. The van der Waals surface area contributed by atoms with Crippen LogP contribution in [0.4, 0.5) is 0 Å². The molecule has 2 fully saturated rings. The molecule has 1 N–H and O–H groups in total. The predicted octanol–water partition coefficient (Wildman–Crippen LogP) is 4.15. The molecule has 0 spiro atoms. The fraction of sp³-hybridized carbons (Fsp3) is 0.500. The maximum absolute atomic E-state index is 11.3. The average molecular weight is 444 g/mol. The number of nitrogens with one attached hydrogen (secondary N) is 1. The molecule has 0 radical (unpaired) electrons. The number of fused-ring (bicyclic) bond motifs is 1. The quantitative estimate of drug-likeness (QED) is 0.654. The maximum Gasteiger partial charge on any atom is 0.0408 e. The molecule has 1 aliphatic heterocycles. The van der Waals surface area contributed by atoms with E-state index in [1.54, 1.807) is 0 Å². The van der Waals surface area contributed by atoms with E-state index in [4.69, 9.17) is 11.6 Å².